The Balaban J connectivity index is 1.48. The van der Waals surface area contributed by atoms with Gasteiger partial charge in [-0.1, -0.05) is 12.1 Å². The van der Waals surface area contributed by atoms with Gasteiger partial charge in [-0.3, -0.25) is 19.7 Å². The van der Waals surface area contributed by atoms with Crippen LogP contribution in [0.3, 0.4) is 0 Å². The van der Waals surface area contributed by atoms with Crippen molar-refractivity contribution < 1.29 is 9.53 Å². The molecule has 2 aromatic rings. The fraction of sp³-hybridized carbons (Fsp3) is 0.560. The van der Waals surface area contributed by atoms with Crippen LogP contribution in [0.5, 0.6) is 5.75 Å². The summed E-state index contributed by atoms with van der Waals surface area (Å²) >= 11 is 0. The highest BCUT2D eigenvalue weighted by Gasteiger charge is 2.26. The summed E-state index contributed by atoms with van der Waals surface area (Å²) in [5, 5.41) is 0. The SMILES string of the molecule is Cc1cnc(CN2CCCC(=O)N3CCCCC3CCc3cccc(c3)OCC2)cn1. The molecule has 6 nitrogen and oxygen atoms in total. The molecule has 1 saturated heterocycles. The molecule has 0 radical (unpaired) electrons. The van der Waals surface area contributed by atoms with Crippen molar-refractivity contribution in [2.45, 2.75) is 64.5 Å². The molecule has 1 atom stereocenters. The number of hydrogen-bond donors (Lipinski definition) is 0. The molecule has 2 bridgehead atoms. The maximum atomic E-state index is 13.0. The van der Waals surface area contributed by atoms with Gasteiger partial charge in [-0.2, -0.15) is 0 Å². The van der Waals surface area contributed by atoms with Crippen molar-refractivity contribution in [1.29, 1.82) is 0 Å². The number of amides is 1. The first-order chi connectivity index (χ1) is 15.2. The van der Waals surface area contributed by atoms with Gasteiger partial charge in [-0.05, 0) is 69.7 Å². The minimum Gasteiger partial charge on any atom is -0.492 e. The quantitative estimate of drug-likeness (QED) is 0.737. The van der Waals surface area contributed by atoms with E-state index in [1.807, 2.05) is 25.4 Å². The number of fused-ring (bicyclic) bond motifs is 3. The highest BCUT2D eigenvalue weighted by atomic mass is 16.5. The zero-order valence-electron chi connectivity index (χ0n) is 18.6. The average Bonchev–Trinajstić information content (AvgIpc) is 2.79. The third-order valence-electron chi connectivity index (χ3n) is 6.37. The minimum atomic E-state index is 0.319. The van der Waals surface area contributed by atoms with E-state index in [0.29, 0.717) is 25.0 Å². The van der Waals surface area contributed by atoms with Crippen molar-refractivity contribution in [2.24, 2.45) is 0 Å². The Kier molecular flexibility index (Phi) is 7.52. The number of carbonyl (C=O) groups is 1. The highest BCUT2D eigenvalue weighted by Crippen LogP contribution is 2.24. The summed E-state index contributed by atoms with van der Waals surface area (Å²) in [4.78, 5) is 26.4. The Bertz CT molecular complexity index is 855. The van der Waals surface area contributed by atoms with E-state index < -0.39 is 0 Å². The topological polar surface area (TPSA) is 58.6 Å². The number of ether oxygens (including phenoxy) is 1. The summed E-state index contributed by atoms with van der Waals surface area (Å²) in [5.41, 5.74) is 3.16. The lowest BCUT2D eigenvalue weighted by Crippen LogP contribution is -2.44. The Hall–Kier alpha value is -2.47. The summed E-state index contributed by atoms with van der Waals surface area (Å²) < 4.78 is 6.08. The molecular formula is C25H34N4O2. The number of aryl methyl sites for hydroxylation is 2. The third-order valence-corrected chi connectivity index (χ3v) is 6.37. The van der Waals surface area contributed by atoms with E-state index in [9.17, 15) is 4.79 Å². The molecule has 1 amide bonds. The summed E-state index contributed by atoms with van der Waals surface area (Å²) in [6.07, 6.45) is 10.6. The molecule has 1 fully saturated rings. The molecule has 3 heterocycles. The molecule has 2 aliphatic rings. The van der Waals surface area contributed by atoms with Crippen LogP contribution in [0.15, 0.2) is 36.7 Å². The molecular weight excluding hydrogens is 388 g/mol. The van der Waals surface area contributed by atoms with E-state index in [1.54, 1.807) is 0 Å². The van der Waals surface area contributed by atoms with Crippen LogP contribution in [0.25, 0.3) is 0 Å². The van der Waals surface area contributed by atoms with Crippen molar-refractivity contribution in [2.75, 3.05) is 26.2 Å². The number of benzene rings is 1. The number of aromatic nitrogens is 2. The van der Waals surface area contributed by atoms with Crippen LogP contribution in [0, 0.1) is 6.92 Å². The molecule has 1 aromatic carbocycles. The van der Waals surface area contributed by atoms with Gasteiger partial charge in [0, 0.05) is 44.5 Å². The zero-order valence-corrected chi connectivity index (χ0v) is 18.6. The molecule has 1 aromatic heterocycles. The van der Waals surface area contributed by atoms with Crippen LogP contribution >= 0.6 is 0 Å². The minimum absolute atomic E-state index is 0.319. The van der Waals surface area contributed by atoms with E-state index in [2.05, 4.69) is 38.0 Å². The second-order valence-corrected chi connectivity index (χ2v) is 8.80. The smallest absolute Gasteiger partial charge is 0.222 e. The lowest BCUT2D eigenvalue weighted by Gasteiger charge is -2.36. The fourth-order valence-corrected chi connectivity index (χ4v) is 4.64. The molecule has 0 saturated carbocycles. The number of nitrogens with zero attached hydrogens (tertiary/aromatic N) is 4. The van der Waals surface area contributed by atoms with E-state index in [1.165, 1.54) is 12.0 Å². The summed E-state index contributed by atoms with van der Waals surface area (Å²) in [6, 6.07) is 8.81. The maximum absolute atomic E-state index is 13.0. The second-order valence-electron chi connectivity index (χ2n) is 8.80. The molecule has 1 unspecified atom stereocenters. The van der Waals surface area contributed by atoms with Crippen LogP contribution in [-0.4, -0.2) is 58.0 Å². The molecule has 6 heteroatoms. The van der Waals surface area contributed by atoms with E-state index in [0.717, 1.165) is 75.4 Å². The highest BCUT2D eigenvalue weighted by molar-refractivity contribution is 5.76. The fourth-order valence-electron chi connectivity index (χ4n) is 4.64. The van der Waals surface area contributed by atoms with E-state index in [4.69, 9.17) is 4.74 Å². The van der Waals surface area contributed by atoms with Gasteiger partial charge in [0.25, 0.3) is 0 Å². The van der Waals surface area contributed by atoms with Gasteiger partial charge in [-0.15, -0.1) is 0 Å². The van der Waals surface area contributed by atoms with Crippen LogP contribution in [0.1, 0.15) is 55.5 Å². The van der Waals surface area contributed by atoms with Gasteiger partial charge in [0.1, 0.15) is 12.4 Å². The summed E-state index contributed by atoms with van der Waals surface area (Å²) in [6.45, 7) is 5.84. The number of rotatable bonds is 2. The molecule has 0 aliphatic carbocycles. The van der Waals surface area contributed by atoms with Crippen LogP contribution in [-0.2, 0) is 17.8 Å². The average molecular weight is 423 g/mol. The van der Waals surface area contributed by atoms with Gasteiger partial charge in [0.2, 0.25) is 5.91 Å². The number of piperidine rings is 1. The van der Waals surface area contributed by atoms with Crippen molar-refractivity contribution in [3.05, 3.63) is 53.6 Å². The first-order valence-electron chi connectivity index (χ1n) is 11.7. The van der Waals surface area contributed by atoms with Crippen molar-refractivity contribution in [1.82, 2.24) is 19.8 Å². The monoisotopic (exact) mass is 422 g/mol. The van der Waals surface area contributed by atoms with Crippen molar-refractivity contribution >= 4 is 5.91 Å². The van der Waals surface area contributed by atoms with Gasteiger partial charge in [0.15, 0.2) is 0 Å². The predicted octanol–water partition coefficient (Wildman–Crippen LogP) is 3.77. The Morgan fingerprint density at radius 3 is 2.84 bits per heavy atom. The molecule has 2 aliphatic heterocycles. The lowest BCUT2D eigenvalue weighted by molar-refractivity contribution is -0.135. The molecule has 4 rings (SSSR count). The normalized spacial score (nSPS) is 21.5. The largest absolute Gasteiger partial charge is 0.492 e. The van der Waals surface area contributed by atoms with E-state index in [-0.39, 0.29) is 0 Å². The van der Waals surface area contributed by atoms with Crippen molar-refractivity contribution in [3.63, 3.8) is 0 Å². The Labute approximate surface area is 185 Å². The van der Waals surface area contributed by atoms with E-state index >= 15 is 0 Å². The van der Waals surface area contributed by atoms with Gasteiger partial charge in [-0.25, -0.2) is 0 Å². The molecule has 31 heavy (non-hydrogen) atoms. The van der Waals surface area contributed by atoms with Gasteiger partial charge in [0.05, 0.1) is 11.4 Å². The second kappa shape index (κ2) is 10.7. The van der Waals surface area contributed by atoms with Gasteiger partial charge < -0.3 is 9.64 Å². The first kappa shape index (κ1) is 21.8. The number of hydrogen-bond acceptors (Lipinski definition) is 5. The lowest BCUT2D eigenvalue weighted by atomic mass is 9.95. The Morgan fingerprint density at radius 2 is 1.97 bits per heavy atom. The van der Waals surface area contributed by atoms with Crippen molar-refractivity contribution in [3.8, 4) is 5.75 Å². The molecule has 0 N–H and O–H groups in total. The summed E-state index contributed by atoms with van der Waals surface area (Å²) in [7, 11) is 0. The third kappa shape index (κ3) is 6.26. The molecule has 166 valence electrons. The Morgan fingerprint density at radius 1 is 1.03 bits per heavy atom. The van der Waals surface area contributed by atoms with Crippen LogP contribution in [0.2, 0.25) is 0 Å². The first-order valence-corrected chi connectivity index (χ1v) is 11.7. The standard InChI is InChI=1S/C25H34N4O2/c1-20-17-27-22(18-26-20)19-28-12-5-9-25(30)29-13-3-2-7-23(29)11-10-21-6-4-8-24(16-21)31-15-14-28/h4,6,8,16-18,23H,2-3,5,7,9-15,19H2,1H3. The molecule has 0 spiro atoms. The van der Waals surface area contributed by atoms with Gasteiger partial charge >= 0.3 is 0 Å². The van der Waals surface area contributed by atoms with Crippen LogP contribution < -0.4 is 4.74 Å². The van der Waals surface area contributed by atoms with Crippen LogP contribution in [0.4, 0.5) is 0 Å². The summed E-state index contributed by atoms with van der Waals surface area (Å²) in [5.74, 6) is 1.25. The zero-order chi connectivity index (χ0) is 21.5. The number of carbonyl (C=O) groups excluding carboxylic acids is 1. The predicted molar refractivity (Wildman–Crippen MR) is 121 cm³/mol. The maximum Gasteiger partial charge on any atom is 0.222 e.